The van der Waals surface area contributed by atoms with E-state index in [1.54, 1.807) is 36.4 Å². The molecule has 0 atom stereocenters. The molecule has 1 saturated carbocycles. The molecule has 1 aliphatic carbocycles. The number of fused-ring (bicyclic) bond motifs is 2. The fourth-order valence-corrected chi connectivity index (χ4v) is 6.07. The lowest BCUT2D eigenvalue weighted by molar-refractivity contribution is 0.443. The monoisotopic (exact) mass is 490 g/mol. The third-order valence-corrected chi connectivity index (χ3v) is 8.05. The number of hydrogen-bond acceptors (Lipinski definition) is 4. The van der Waals surface area contributed by atoms with Crippen LogP contribution in [0.4, 0.5) is 0 Å². The maximum atomic E-state index is 11.4. The molecule has 0 saturated heterocycles. The summed E-state index contributed by atoms with van der Waals surface area (Å²) in [4.78, 5) is 0. The third kappa shape index (κ3) is 4.03. The normalized spacial score (nSPS) is 14.5. The molecule has 1 aliphatic rings. The highest BCUT2D eigenvalue weighted by atomic mass is 16.3. The van der Waals surface area contributed by atoms with Crippen LogP contribution in [0, 0.1) is 0 Å². The van der Waals surface area contributed by atoms with E-state index in [9.17, 15) is 20.4 Å². The molecule has 4 heteroatoms. The van der Waals surface area contributed by atoms with Crippen molar-refractivity contribution in [1.29, 1.82) is 0 Å². The molecule has 0 aromatic heterocycles. The van der Waals surface area contributed by atoms with Crippen LogP contribution in [-0.4, -0.2) is 20.4 Å². The van der Waals surface area contributed by atoms with Crippen molar-refractivity contribution in [1.82, 2.24) is 0 Å². The van der Waals surface area contributed by atoms with Crippen LogP contribution < -0.4 is 0 Å². The van der Waals surface area contributed by atoms with Gasteiger partial charge < -0.3 is 20.4 Å². The second-order valence-corrected chi connectivity index (χ2v) is 10.2. The number of phenolic OH excluding ortho intramolecular Hbond substituents is 4. The molecular formula is C33H30O4. The predicted octanol–water partition coefficient (Wildman–Crippen LogP) is 8.04. The Morgan fingerprint density at radius 2 is 1.03 bits per heavy atom. The van der Waals surface area contributed by atoms with Gasteiger partial charge in [0.05, 0.1) is 0 Å². The van der Waals surface area contributed by atoms with Crippen LogP contribution in [-0.2, 0) is 0 Å². The first-order chi connectivity index (χ1) is 18.0. The van der Waals surface area contributed by atoms with Crippen molar-refractivity contribution in [2.45, 2.75) is 43.9 Å². The van der Waals surface area contributed by atoms with Crippen molar-refractivity contribution < 1.29 is 20.4 Å². The number of rotatable bonds is 4. The Kier molecular flexibility index (Phi) is 5.88. The molecule has 0 unspecified atom stereocenters. The molecule has 0 spiro atoms. The third-order valence-electron chi connectivity index (χ3n) is 8.05. The van der Waals surface area contributed by atoms with Gasteiger partial charge in [0.1, 0.15) is 23.0 Å². The average molecular weight is 491 g/mol. The highest BCUT2D eigenvalue weighted by molar-refractivity contribution is 5.96. The molecule has 5 aromatic rings. The van der Waals surface area contributed by atoms with E-state index in [1.165, 1.54) is 37.7 Å². The van der Waals surface area contributed by atoms with Crippen molar-refractivity contribution in [2.24, 2.45) is 0 Å². The van der Waals surface area contributed by atoms with E-state index in [1.807, 2.05) is 24.3 Å². The standard InChI is InChI=1S/C33H30O4/c34-29-10-4-8-25-23(29)16-18-27(32(25)36)31(22-14-12-21(13-15-22)20-6-2-1-3-7-20)28-19-17-24-26(33(28)37)9-5-11-30(24)35/h4-5,8-20,31,34-37H,1-3,6-7H2. The minimum absolute atomic E-state index is 0.0742. The summed E-state index contributed by atoms with van der Waals surface area (Å²) in [6, 6.07) is 26.1. The van der Waals surface area contributed by atoms with Gasteiger partial charge in [-0.1, -0.05) is 92.1 Å². The highest BCUT2D eigenvalue weighted by Crippen LogP contribution is 2.47. The Hall–Kier alpha value is -4.18. The Morgan fingerprint density at radius 1 is 0.514 bits per heavy atom. The van der Waals surface area contributed by atoms with E-state index < -0.39 is 5.92 Å². The van der Waals surface area contributed by atoms with Gasteiger partial charge in [0.15, 0.2) is 0 Å². The lowest BCUT2D eigenvalue weighted by Crippen LogP contribution is -2.07. The van der Waals surface area contributed by atoms with Crippen molar-refractivity contribution in [3.05, 3.63) is 107 Å². The molecule has 5 aromatic carbocycles. The van der Waals surface area contributed by atoms with Crippen molar-refractivity contribution in [2.75, 3.05) is 0 Å². The summed E-state index contributed by atoms with van der Waals surface area (Å²) in [5, 5.41) is 45.8. The summed E-state index contributed by atoms with van der Waals surface area (Å²) >= 11 is 0. The van der Waals surface area contributed by atoms with E-state index in [2.05, 4.69) is 24.3 Å². The van der Waals surface area contributed by atoms with Crippen molar-refractivity contribution in [3.63, 3.8) is 0 Å². The smallest absolute Gasteiger partial charge is 0.127 e. The van der Waals surface area contributed by atoms with E-state index in [0.29, 0.717) is 38.6 Å². The second-order valence-electron chi connectivity index (χ2n) is 10.2. The fraction of sp³-hybridized carbons (Fsp3) is 0.212. The SMILES string of the molecule is Oc1cccc2c(O)c(C(c3ccc(C4CCCCC4)cc3)c3ccc4c(O)cccc4c3O)ccc12. The van der Waals surface area contributed by atoms with Gasteiger partial charge >= 0.3 is 0 Å². The fourth-order valence-electron chi connectivity index (χ4n) is 6.07. The molecule has 0 radical (unpaired) electrons. The maximum absolute atomic E-state index is 11.4. The highest BCUT2D eigenvalue weighted by Gasteiger charge is 2.26. The second kappa shape index (κ2) is 9.36. The molecule has 1 fully saturated rings. The van der Waals surface area contributed by atoms with Crippen molar-refractivity contribution >= 4 is 21.5 Å². The first-order valence-corrected chi connectivity index (χ1v) is 13.0. The summed E-state index contributed by atoms with van der Waals surface area (Å²) in [6.45, 7) is 0. The lowest BCUT2D eigenvalue weighted by Gasteiger charge is -2.25. The topological polar surface area (TPSA) is 80.9 Å². The van der Waals surface area contributed by atoms with Gasteiger partial charge in [-0.3, -0.25) is 0 Å². The number of aromatic hydroxyl groups is 4. The Labute approximate surface area is 216 Å². The van der Waals surface area contributed by atoms with Crippen LogP contribution in [0.25, 0.3) is 21.5 Å². The average Bonchev–Trinajstić information content (AvgIpc) is 2.93. The van der Waals surface area contributed by atoms with Crippen LogP contribution in [0.3, 0.4) is 0 Å². The quantitative estimate of drug-likeness (QED) is 0.192. The summed E-state index contributed by atoms with van der Waals surface area (Å²) in [6.07, 6.45) is 6.28. The van der Waals surface area contributed by atoms with Gasteiger partial charge in [-0.25, -0.2) is 0 Å². The number of phenols is 4. The van der Waals surface area contributed by atoms with Gasteiger partial charge in [-0.2, -0.15) is 0 Å². The summed E-state index contributed by atoms with van der Waals surface area (Å²) in [7, 11) is 0. The van der Waals surface area contributed by atoms with Gasteiger partial charge in [-0.15, -0.1) is 0 Å². The predicted molar refractivity (Wildman–Crippen MR) is 148 cm³/mol. The minimum Gasteiger partial charge on any atom is -0.507 e. The van der Waals surface area contributed by atoms with Gasteiger partial charge in [-0.05, 0) is 42.0 Å². The number of hydrogen-bond donors (Lipinski definition) is 4. The Morgan fingerprint density at radius 3 is 1.54 bits per heavy atom. The molecular weight excluding hydrogens is 460 g/mol. The van der Waals surface area contributed by atoms with Crippen LogP contribution >= 0.6 is 0 Å². The lowest BCUT2D eigenvalue weighted by atomic mass is 9.80. The molecule has 186 valence electrons. The molecule has 6 rings (SSSR count). The zero-order chi connectivity index (χ0) is 25.5. The van der Waals surface area contributed by atoms with Crippen LogP contribution in [0.1, 0.15) is 66.2 Å². The summed E-state index contributed by atoms with van der Waals surface area (Å²) in [5.41, 5.74) is 3.56. The first-order valence-electron chi connectivity index (χ1n) is 13.0. The number of benzene rings is 5. The van der Waals surface area contributed by atoms with E-state index in [4.69, 9.17) is 0 Å². The van der Waals surface area contributed by atoms with Crippen LogP contribution in [0.5, 0.6) is 23.0 Å². The van der Waals surface area contributed by atoms with Crippen LogP contribution in [0.2, 0.25) is 0 Å². The van der Waals surface area contributed by atoms with Crippen LogP contribution in [0.15, 0.2) is 84.9 Å². The molecule has 4 N–H and O–H groups in total. The molecule has 4 nitrogen and oxygen atoms in total. The molecule has 0 bridgehead atoms. The minimum atomic E-state index is -0.459. The molecule has 37 heavy (non-hydrogen) atoms. The van der Waals surface area contributed by atoms with Gasteiger partial charge in [0.2, 0.25) is 0 Å². The van der Waals surface area contributed by atoms with E-state index >= 15 is 0 Å². The maximum Gasteiger partial charge on any atom is 0.127 e. The zero-order valence-electron chi connectivity index (χ0n) is 20.6. The molecule has 0 heterocycles. The van der Waals surface area contributed by atoms with E-state index in [0.717, 1.165) is 5.56 Å². The van der Waals surface area contributed by atoms with Crippen molar-refractivity contribution in [3.8, 4) is 23.0 Å². The summed E-state index contributed by atoms with van der Waals surface area (Å²) < 4.78 is 0. The van der Waals surface area contributed by atoms with E-state index in [-0.39, 0.29) is 23.0 Å². The zero-order valence-corrected chi connectivity index (χ0v) is 20.6. The molecule has 0 aliphatic heterocycles. The van der Waals surface area contributed by atoms with Gasteiger partial charge in [0.25, 0.3) is 0 Å². The largest absolute Gasteiger partial charge is 0.507 e. The summed E-state index contributed by atoms with van der Waals surface area (Å²) in [5.74, 6) is 0.484. The Balaban J connectivity index is 1.54. The Bertz CT molecular complexity index is 1510. The first kappa shape index (κ1) is 23.2. The molecule has 0 amide bonds. The van der Waals surface area contributed by atoms with Gasteiger partial charge in [0, 0.05) is 38.6 Å².